The molecule has 1 saturated carbocycles. The van der Waals surface area contributed by atoms with E-state index < -0.39 is 0 Å². The van der Waals surface area contributed by atoms with Crippen LogP contribution in [0.25, 0.3) is 0 Å². The lowest BCUT2D eigenvalue weighted by molar-refractivity contribution is -0.132. The van der Waals surface area contributed by atoms with Gasteiger partial charge in [0.25, 0.3) is 0 Å². The number of carbonyl (C=O) groups excluding carboxylic acids is 1. The first kappa shape index (κ1) is 12.8. The third-order valence-corrected chi connectivity index (χ3v) is 3.96. The van der Waals surface area contributed by atoms with E-state index in [4.69, 9.17) is 5.73 Å². The third-order valence-electron chi connectivity index (χ3n) is 3.96. The van der Waals surface area contributed by atoms with E-state index in [1.54, 1.807) is 6.92 Å². The highest BCUT2D eigenvalue weighted by molar-refractivity contribution is 5.73. The van der Waals surface area contributed by atoms with Gasteiger partial charge in [-0.2, -0.15) is 0 Å². The predicted octanol–water partition coefficient (Wildman–Crippen LogP) is 0.811. The van der Waals surface area contributed by atoms with E-state index in [1.165, 1.54) is 19.3 Å². The number of carbonyl (C=O) groups is 1. The molecule has 0 aromatic heterocycles. The average molecular weight is 239 g/mol. The van der Waals surface area contributed by atoms with Crippen LogP contribution in [0.2, 0.25) is 0 Å². The second-order valence-electron chi connectivity index (χ2n) is 5.38. The Labute approximate surface area is 104 Å². The Morgan fingerprint density at radius 1 is 1.35 bits per heavy atom. The maximum atomic E-state index is 11.6. The molecule has 0 aromatic carbocycles. The number of amides is 1. The topological polar surface area (TPSA) is 49.6 Å². The molecule has 0 aromatic rings. The zero-order chi connectivity index (χ0) is 12.3. The van der Waals surface area contributed by atoms with E-state index >= 15 is 0 Å². The Balaban J connectivity index is 1.91. The molecule has 4 heteroatoms. The van der Waals surface area contributed by atoms with Crippen molar-refractivity contribution in [3.63, 3.8) is 0 Å². The van der Waals surface area contributed by atoms with Crippen LogP contribution in [0.4, 0.5) is 0 Å². The normalized spacial score (nSPS) is 25.4. The first-order valence-electron chi connectivity index (χ1n) is 6.93. The predicted molar refractivity (Wildman–Crippen MR) is 68.7 cm³/mol. The Bertz CT molecular complexity index is 265. The standard InChI is InChI=1S/C13H25N3O/c1-11(17)16-8-3-2-4-13(16)10-15(9-7-14)12-5-6-12/h12-13H,2-10,14H2,1H3/t13-/m0/s1. The largest absolute Gasteiger partial charge is 0.339 e. The summed E-state index contributed by atoms with van der Waals surface area (Å²) in [5.41, 5.74) is 5.67. The van der Waals surface area contributed by atoms with Gasteiger partial charge in [0.1, 0.15) is 0 Å². The molecule has 2 fully saturated rings. The lowest BCUT2D eigenvalue weighted by Gasteiger charge is -2.38. The quantitative estimate of drug-likeness (QED) is 0.772. The Morgan fingerprint density at radius 2 is 2.12 bits per heavy atom. The van der Waals surface area contributed by atoms with E-state index in [0.717, 1.165) is 45.1 Å². The van der Waals surface area contributed by atoms with Crippen molar-refractivity contribution >= 4 is 5.91 Å². The van der Waals surface area contributed by atoms with Gasteiger partial charge in [-0.05, 0) is 32.1 Å². The highest BCUT2D eigenvalue weighted by atomic mass is 16.2. The molecule has 1 saturated heterocycles. The molecule has 1 atom stereocenters. The molecular weight excluding hydrogens is 214 g/mol. The van der Waals surface area contributed by atoms with Crippen LogP contribution in [-0.4, -0.2) is 54.0 Å². The first-order chi connectivity index (χ1) is 8.22. The molecule has 0 unspecified atom stereocenters. The van der Waals surface area contributed by atoms with Crippen molar-refractivity contribution in [1.82, 2.24) is 9.80 Å². The van der Waals surface area contributed by atoms with Crippen LogP contribution >= 0.6 is 0 Å². The smallest absolute Gasteiger partial charge is 0.219 e. The summed E-state index contributed by atoms with van der Waals surface area (Å²) in [5.74, 6) is 0.234. The molecule has 1 heterocycles. The van der Waals surface area contributed by atoms with Crippen molar-refractivity contribution in [3.8, 4) is 0 Å². The van der Waals surface area contributed by atoms with Crippen molar-refractivity contribution < 1.29 is 4.79 Å². The van der Waals surface area contributed by atoms with Gasteiger partial charge in [0.15, 0.2) is 0 Å². The number of piperidine rings is 1. The molecule has 2 N–H and O–H groups in total. The number of likely N-dealkylation sites (tertiary alicyclic amines) is 1. The van der Waals surface area contributed by atoms with E-state index in [1.807, 2.05) is 0 Å². The summed E-state index contributed by atoms with van der Waals surface area (Å²) < 4.78 is 0. The Hall–Kier alpha value is -0.610. The molecule has 98 valence electrons. The number of rotatable bonds is 5. The Kier molecular flexibility index (Phi) is 4.40. The number of nitrogens with zero attached hydrogens (tertiary/aromatic N) is 2. The van der Waals surface area contributed by atoms with Gasteiger partial charge in [0.2, 0.25) is 5.91 Å². The van der Waals surface area contributed by atoms with Crippen LogP contribution in [0.15, 0.2) is 0 Å². The monoisotopic (exact) mass is 239 g/mol. The van der Waals surface area contributed by atoms with Crippen LogP contribution in [-0.2, 0) is 4.79 Å². The fourth-order valence-corrected chi connectivity index (χ4v) is 2.90. The van der Waals surface area contributed by atoms with Gasteiger partial charge in [-0.15, -0.1) is 0 Å². The van der Waals surface area contributed by atoms with Gasteiger partial charge in [-0.3, -0.25) is 9.69 Å². The van der Waals surface area contributed by atoms with E-state index in [-0.39, 0.29) is 5.91 Å². The lowest BCUT2D eigenvalue weighted by Crippen LogP contribution is -2.50. The van der Waals surface area contributed by atoms with Gasteiger partial charge < -0.3 is 10.6 Å². The molecule has 0 bridgehead atoms. The Morgan fingerprint density at radius 3 is 2.71 bits per heavy atom. The molecule has 17 heavy (non-hydrogen) atoms. The maximum Gasteiger partial charge on any atom is 0.219 e. The zero-order valence-corrected chi connectivity index (χ0v) is 10.9. The van der Waals surface area contributed by atoms with Gasteiger partial charge in [0.05, 0.1) is 0 Å². The van der Waals surface area contributed by atoms with Crippen LogP contribution in [0, 0.1) is 0 Å². The van der Waals surface area contributed by atoms with Crippen molar-refractivity contribution in [2.45, 2.75) is 51.1 Å². The van der Waals surface area contributed by atoms with E-state index in [0.29, 0.717) is 6.04 Å². The summed E-state index contributed by atoms with van der Waals surface area (Å²) >= 11 is 0. The second-order valence-corrected chi connectivity index (χ2v) is 5.38. The zero-order valence-electron chi connectivity index (χ0n) is 10.9. The van der Waals surface area contributed by atoms with Crippen molar-refractivity contribution in [2.75, 3.05) is 26.2 Å². The van der Waals surface area contributed by atoms with Crippen LogP contribution in [0.1, 0.15) is 39.0 Å². The van der Waals surface area contributed by atoms with Crippen LogP contribution in [0.5, 0.6) is 0 Å². The molecule has 0 radical (unpaired) electrons. The summed E-state index contributed by atoms with van der Waals surface area (Å²) in [5, 5.41) is 0. The number of hydrogen-bond acceptors (Lipinski definition) is 3. The van der Waals surface area contributed by atoms with Gasteiger partial charge in [-0.1, -0.05) is 0 Å². The van der Waals surface area contributed by atoms with Crippen molar-refractivity contribution in [1.29, 1.82) is 0 Å². The van der Waals surface area contributed by atoms with E-state index in [2.05, 4.69) is 9.80 Å². The average Bonchev–Trinajstić information content (AvgIpc) is 3.13. The third kappa shape index (κ3) is 3.42. The molecule has 1 aliphatic carbocycles. The minimum absolute atomic E-state index is 0.234. The summed E-state index contributed by atoms with van der Waals surface area (Å²) in [6.45, 7) is 5.38. The SMILES string of the molecule is CC(=O)N1CCCC[C@H]1CN(CCN)C1CC1. The van der Waals surface area contributed by atoms with E-state index in [9.17, 15) is 4.79 Å². The van der Waals surface area contributed by atoms with Crippen molar-refractivity contribution in [3.05, 3.63) is 0 Å². The summed E-state index contributed by atoms with van der Waals surface area (Å²) in [6.07, 6.45) is 6.21. The molecule has 2 rings (SSSR count). The van der Waals surface area contributed by atoms with Crippen molar-refractivity contribution in [2.24, 2.45) is 5.73 Å². The highest BCUT2D eigenvalue weighted by Gasteiger charge is 2.33. The fourth-order valence-electron chi connectivity index (χ4n) is 2.90. The first-order valence-corrected chi connectivity index (χ1v) is 6.93. The minimum atomic E-state index is 0.234. The minimum Gasteiger partial charge on any atom is -0.339 e. The van der Waals surface area contributed by atoms with Crippen LogP contribution < -0.4 is 5.73 Å². The number of nitrogens with two attached hydrogens (primary N) is 1. The fraction of sp³-hybridized carbons (Fsp3) is 0.923. The molecular formula is C13H25N3O. The maximum absolute atomic E-state index is 11.6. The summed E-state index contributed by atoms with van der Waals surface area (Å²) in [4.78, 5) is 16.2. The molecule has 2 aliphatic rings. The highest BCUT2D eigenvalue weighted by Crippen LogP contribution is 2.28. The van der Waals surface area contributed by atoms with Crippen LogP contribution in [0.3, 0.4) is 0 Å². The summed E-state index contributed by atoms with van der Waals surface area (Å²) in [7, 11) is 0. The number of hydrogen-bond donors (Lipinski definition) is 1. The lowest BCUT2D eigenvalue weighted by atomic mass is 10.0. The molecule has 0 spiro atoms. The van der Waals surface area contributed by atoms with Gasteiger partial charge >= 0.3 is 0 Å². The van der Waals surface area contributed by atoms with Gasteiger partial charge in [-0.25, -0.2) is 0 Å². The van der Waals surface area contributed by atoms with Gasteiger partial charge in [0, 0.05) is 45.2 Å². The summed E-state index contributed by atoms with van der Waals surface area (Å²) in [6, 6.07) is 1.17. The second kappa shape index (κ2) is 5.83. The molecule has 1 aliphatic heterocycles. The molecule has 1 amide bonds. The molecule has 4 nitrogen and oxygen atoms in total.